The van der Waals surface area contributed by atoms with Gasteiger partial charge >= 0.3 is 6.03 Å². The van der Waals surface area contributed by atoms with Crippen molar-refractivity contribution in [1.82, 2.24) is 10.3 Å². The van der Waals surface area contributed by atoms with E-state index in [2.05, 4.69) is 10.6 Å². The summed E-state index contributed by atoms with van der Waals surface area (Å²) in [5, 5.41) is 15.6. The van der Waals surface area contributed by atoms with Crippen LogP contribution in [0.2, 0.25) is 0 Å². The Morgan fingerprint density at radius 3 is 2.24 bits per heavy atom. The fourth-order valence-electron chi connectivity index (χ4n) is 3.82. The van der Waals surface area contributed by atoms with Gasteiger partial charge in [0.15, 0.2) is 0 Å². The summed E-state index contributed by atoms with van der Waals surface area (Å²) in [7, 11) is 0. The number of fused-ring (bicyclic) bond motifs is 1. The summed E-state index contributed by atoms with van der Waals surface area (Å²) in [5.41, 5.74) is 10.3. The first-order valence-electron chi connectivity index (χ1n) is 11.1. The molecule has 0 saturated heterocycles. The average Bonchev–Trinajstić information content (AvgIpc) is 2.87. The molecule has 0 aliphatic rings. The molecule has 4 rings (SSSR count). The number of aromatic nitrogens is 1. The van der Waals surface area contributed by atoms with Crippen LogP contribution in [0.1, 0.15) is 23.7 Å². The molecule has 1 heterocycles. The maximum atomic E-state index is 12.8. The highest BCUT2D eigenvalue weighted by atomic mass is 16.3. The van der Waals surface area contributed by atoms with E-state index in [0.29, 0.717) is 39.8 Å². The van der Waals surface area contributed by atoms with Crippen molar-refractivity contribution in [2.24, 2.45) is 5.73 Å². The lowest BCUT2D eigenvalue weighted by Gasteiger charge is -2.17. The van der Waals surface area contributed by atoms with Crippen LogP contribution in [0.3, 0.4) is 0 Å². The molecule has 0 aliphatic carbocycles. The lowest BCUT2D eigenvalue weighted by Crippen LogP contribution is -2.34. The first-order valence-corrected chi connectivity index (χ1v) is 11.1. The first-order chi connectivity index (χ1) is 16.5. The van der Waals surface area contributed by atoms with Gasteiger partial charge in [0.1, 0.15) is 0 Å². The third kappa shape index (κ3) is 4.89. The number of nitrogens with one attached hydrogen (secondary N) is 2. The van der Waals surface area contributed by atoms with Gasteiger partial charge in [-0.15, -0.1) is 0 Å². The number of anilines is 1. The van der Waals surface area contributed by atoms with Crippen molar-refractivity contribution in [3.05, 3.63) is 84.4 Å². The van der Waals surface area contributed by atoms with Crippen molar-refractivity contribution in [2.75, 3.05) is 11.9 Å². The predicted molar refractivity (Wildman–Crippen MR) is 134 cm³/mol. The second-order valence-corrected chi connectivity index (χ2v) is 7.94. The van der Waals surface area contributed by atoms with Gasteiger partial charge in [0.2, 0.25) is 5.91 Å². The molecule has 1 aromatic heterocycles. The van der Waals surface area contributed by atoms with E-state index in [9.17, 15) is 14.7 Å². The molecule has 0 aliphatic heterocycles. The number of urea groups is 1. The molecule has 7 nitrogen and oxygen atoms in total. The standard InChI is InChI=1S/C27H26N4O3/c1-2-20(32)16-29-27(34)30-19-13-14-22-21(15-19)24(26(28)33)23(17-9-5-3-6-10-17)25(31-22)18-11-7-4-8-12-18/h3-15,20,32H,2,16H2,1H3,(H2,28,33)(H2,29,30,34). The number of carbonyl (C=O) groups excluding carboxylic acids is 2. The fourth-order valence-corrected chi connectivity index (χ4v) is 3.82. The van der Waals surface area contributed by atoms with Gasteiger partial charge in [0.25, 0.3) is 0 Å². The SMILES string of the molecule is CCC(O)CNC(=O)Nc1ccc2nc(-c3ccccc3)c(-c3ccccc3)c(C(N)=O)c2c1. The highest BCUT2D eigenvalue weighted by Gasteiger charge is 2.22. The third-order valence-electron chi connectivity index (χ3n) is 5.57. The van der Waals surface area contributed by atoms with Crippen LogP contribution in [-0.4, -0.2) is 34.7 Å². The van der Waals surface area contributed by atoms with Crippen LogP contribution in [0.5, 0.6) is 0 Å². The molecule has 1 unspecified atom stereocenters. The zero-order valence-electron chi connectivity index (χ0n) is 18.8. The molecule has 4 aromatic rings. The third-order valence-corrected chi connectivity index (χ3v) is 5.57. The van der Waals surface area contributed by atoms with Gasteiger partial charge in [-0.05, 0) is 30.2 Å². The highest BCUT2D eigenvalue weighted by molar-refractivity contribution is 6.14. The smallest absolute Gasteiger partial charge is 0.319 e. The van der Waals surface area contributed by atoms with Gasteiger partial charge < -0.3 is 21.5 Å². The molecule has 3 amide bonds. The molecule has 0 bridgehead atoms. The number of hydrogen-bond acceptors (Lipinski definition) is 4. The highest BCUT2D eigenvalue weighted by Crippen LogP contribution is 2.38. The van der Waals surface area contributed by atoms with Gasteiger partial charge in [-0.1, -0.05) is 67.6 Å². The molecule has 172 valence electrons. The number of carbonyl (C=O) groups is 2. The largest absolute Gasteiger partial charge is 0.391 e. The lowest BCUT2D eigenvalue weighted by molar-refractivity contribution is 0.100. The number of benzene rings is 3. The van der Waals surface area contributed by atoms with E-state index in [1.54, 1.807) is 18.2 Å². The fraction of sp³-hybridized carbons (Fsp3) is 0.148. The van der Waals surface area contributed by atoms with E-state index in [-0.39, 0.29) is 6.54 Å². The normalized spacial score (nSPS) is 11.7. The summed E-state index contributed by atoms with van der Waals surface area (Å²) in [4.78, 5) is 30.0. The van der Waals surface area contributed by atoms with Crippen molar-refractivity contribution in [2.45, 2.75) is 19.4 Å². The van der Waals surface area contributed by atoms with Crippen LogP contribution in [-0.2, 0) is 0 Å². The molecule has 0 radical (unpaired) electrons. The monoisotopic (exact) mass is 454 g/mol. The molecule has 5 N–H and O–H groups in total. The number of amides is 3. The van der Waals surface area contributed by atoms with E-state index < -0.39 is 18.0 Å². The number of aliphatic hydroxyl groups excluding tert-OH is 1. The molecular weight excluding hydrogens is 428 g/mol. The summed E-state index contributed by atoms with van der Waals surface area (Å²) in [6, 6.07) is 23.9. The Bertz CT molecular complexity index is 1320. The van der Waals surface area contributed by atoms with E-state index >= 15 is 0 Å². The number of nitrogens with zero attached hydrogens (tertiary/aromatic N) is 1. The molecule has 3 aromatic carbocycles. The van der Waals surface area contributed by atoms with E-state index in [1.165, 1.54) is 0 Å². The van der Waals surface area contributed by atoms with Crippen LogP contribution >= 0.6 is 0 Å². The molecule has 0 spiro atoms. The van der Waals surface area contributed by atoms with Crippen LogP contribution in [0.15, 0.2) is 78.9 Å². The maximum Gasteiger partial charge on any atom is 0.319 e. The molecule has 1 atom stereocenters. The summed E-state index contributed by atoms with van der Waals surface area (Å²) in [5.74, 6) is -0.587. The number of pyridine rings is 1. The predicted octanol–water partition coefficient (Wildman–Crippen LogP) is 4.56. The van der Waals surface area contributed by atoms with Crippen molar-refractivity contribution < 1.29 is 14.7 Å². The molecule has 0 saturated carbocycles. The Balaban J connectivity index is 1.86. The van der Waals surface area contributed by atoms with E-state index in [4.69, 9.17) is 10.7 Å². The molecule has 34 heavy (non-hydrogen) atoms. The summed E-state index contributed by atoms with van der Waals surface area (Å²) in [6.07, 6.45) is -0.0755. The Morgan fingerprint density at radius 2 is 1.62 bits per heavy atom. The molecule has 0 fully saturated rings. The van der Waals surface area contributed by atoms with Gasteiger partial charge in [-0.3, -0.25) is 4.79 Å². The Labute approximate surface area is 197 Å². The topological polar surface area (TPSA) is 117 Å². The minimum atomic E-state index is -0.613. The number of nitrogens with two attached hydrogens (primary N) is 1. The lowest BCUT2D eigenvalue weighted by atomic mass is 9.91. The number of aliphatic hydroxyl groups is 1. The minimum absolute atomic E-state index is 0.141. The van der Waals surface area contributed by atoms with Gasteiger partial charge in [0.05, 0.1) is 22.9 Å². The zero-order chi connectivity index (χ0) is 24.1. The van der Waals surface area contributed by atoms with Gasteiger partial charge in [0, 0.05) is 28.7 Å². The van der Waals surface area contributed by atoms with Crippen LogP contribution in [0, 0.1) is 0 Å². The summed E-state index contributed by atoms with van der Waals surface area (Å²) >= 11 is 0. The van der Waals surface area contributed by atoms with Gasteiger partial charge in [-0.2, -0.15) is 0 Å². The van der Waals surface area contributed by atoms with Crippen molar-refractivity contribution in [1.29, 1.82) is 0 Å². The van der Waals surface area contributed by atoms with Crippen molar-refractivity contribution in [3.8, 4) is 22.4 Å². The molecular formula is C27H26N4O3. The summed E-state index contributed by atoms with van der Waals surface area (Å²) in [6.45, 7) is 1.97. The van der Waals surface area contributed by atoms with Crippen molar-refractivity contribution >= 4 is 28.5 Å². The van der Waals surface area contributed by atoms with Crippen LogP contribution < -0.4 is 16.4 Å². The van der Waals surface area contributed by atoms with Crippen molar-refractivity contribution in [3.63, 3.8) is 0 Å². The first kappa shape index (κ1) is 22.9. The average molecular weight is 455 g/mol. The number of rotatable bonds is 7. The van der Waals surface area contributed by atoms with Crippen LogP contribution in [0.4, 0.5) is 10.5 Å². The Kier molecular flexibility index (Phi) is 6.85. The van der Waals surface area contributed by atoms with Gasteiger partial charge in [-0.25, -0.2) is 9.78 Å². The second-order valence-electron chi connectivity index (χ2n) is 7.94. The zero-order valence-corrected chi connectivity index (χ0v) is 18.8. The quantitative estimate of drug-likeness (QED) is 0.327. The second kappa shape index (κ2) is 10.1. The van der Waals surface area contributed by atoms with E-state index in [1.807, 2.05) is 67.6 Å². The number of hydrogen-bond donors (Lipinski definition) is 4. The maximum absolute atomic E-state index is 12.8. The summed E-state index contributed by atoms with van der Waals surface area (Å²) < 4.78 is 0. The molecule has 7 heteroatoms. The van der Waals surface area contributed by atoms with E-state index in [0.717, 1.165) is 11.1 Å². The minimum Gasteiger partial charge on any atom is -0.391 e. The van der Waals surface area contributed by atoms with Crippen LogP contribution in [0.25, 0.3) is 33.3 Å². The Morgan fingerprint density at radius 1 is 0.971 bits per heavy atom. The Hall–Kier alpha value is -4.23. The number of primary amides is 1.